The van der Waals surface area contributed by atoms with E-state index in [4.69, 9.17) is 11.5 Å². The Bertz CT molecular complexity index is 686. The van der Waals surface area contributed by atoms with Crippen molar-refractivity contribution in [2.24, 2.45) is 5.73 Å². The number of nitrogen functional groups attached to an aromatic ring is 1. The highest BCUT2D eigenvalue weighted by molar-refractivity contribution is 7.84. The number of anilines is 1. The summed E-state index contributed by atoms with van der Waals surface area (Å²) in [5, 5.41) is 0.380. The number of aryl methyl sites for hydroxylation is 1. The van der Waals surface area contributed by atoms with E-state index in [1.54, 1.807) is 36.5 Å². The third-order valence-electron chi connectivity index (χ3n) is 2.93. The second-order valence-electron chi connectivity index (χ2n) is 4.39. The molecular weight excluding hydrogens is 274 g/mol. The SMILES string of the molecule is Cc1cc(C(N)=O)ccc1CS(=O)c1ncccc1N. The fraction of sp³-hybridized carbons (Fsp3) is 0.143. The molecule has 1 aromatic heterocycles. The van der Waals surface area contributed by atoms with Crippen molar-refractivity contribution in [3.63, 3.8) is 0 Å². The average Bonchev–Trinajstić information content (AvgIpc) is 2.41. The Morgan fingerprint density at radius 3 is 2.70 bits per heavy atom. The molecule has 0 spiro atoms. The summed E-state index contributed by atoms with van der Waals surface area (Å²) >= 11 is 0. The molecule has 1 atom stereocenters. The number of rotatable bonds is 4. The molecule has 1 unspecified atom stereocenters. The highest BCUT2D eigenvalue weighted by atomic mass is 32.2. The quantitative estimate of drug-likeness (QED) is 0.888. The van der Waals surface area contributed by atoms with E-state index in [0.717, 1.165) is 11.1 Å². The molecule has 0 aliphatic heterocycles. The van der Waals surface area contributed by atoms with E-state index in [1.807, 2.05) is 6.92 Å². The van der Waals surface area contributed by atoms with Gasteiger partial charge < -0.3 is 11.5 Å². The monoisotopic (exact) mass is 289 g/mol. The molecule has 0 saturated carbocycles. The van der Waals surface area contributed by atoms with Crippen molar-refractivity contribution in [2.45, 2.75) is 17.7 Å². The maximum atomic E-state index is 12.3. The normalized spacial score (nSPS) is 12.1. The van der Waals surface area contributed by atoms with Gasteiger partial charge >= 0.3 is 0 Å². The Morgan fingerprint density at radius 2 is 2.10 bits per heavy atom. The van der Waals surface area contributed by atoms with Gasteiger partial charge in [-0.3, -0.25) is 9.00 Å². The summed E-state index contributed by atoms with van der Waals surface area (Å²) in [6.07, 6.45) is 1.56. The molecule has 0 aliphatic carbocycles. The zero-order chi connectivity index (χ0) is 14.7. The van der Waals surface area contributed by atoms with E-state index in [0.29, 0.717) is 22.0 Å². The smallest absolute Gasteiger partial charge is 0.248 e. The van der Waals surface area contributed by atoms with Gasteiger partial charge in [0.05, 0.1) is 22.2 Å². The van der Waals surface area contributed by atoms with Crippen molar-refractivity contribution in [3.05, 3.63) is 53.2 Å². The molecular formula is C14H15N3O2S. The molecule has 1 aromatic carbocycles. The van der Waals surface area contributed by atoms with Gasteiger partial charge in [-0.05, 0) is 42.3 Å². The first-order valence-electron chi connectivity index (χ1n) is 5.97. The van der Waals surface area contributed by atoms with E-state index < -0.39 is 16.7 Å². The highest BCUT2D eigenvalue weighted by Gasteiger charge is 2.12. The summed E-state index contributed by atoms with van der Waals surface area (Å²) in [4.78, 5) is 15.1. The van der Waals surface area contributed by atoms with E-state index in [-0.39, 0.29) is 0 Å². The topological polar surface area (TPSA) is 99.1 Å². The largest absolute Gasteiger partial charge is 0.396 e. The van der Waals surface area contributed by atoms with Gasteiger partial charge in [0, 0.05) is 11.8 Å². The number of primary amides is 1. The number of hydrogen-bond donors (Lipinski definition) is 2. The number of pyridine rings is 1. The van der Waals surface area contributed by atoms with Gasteiger partial charge in [0.1, 0.15) is 5.03 Å². The molecule has 20 heavy (non-hydrogen) atoms. The van der Waals surface area contributed by atoms with E-state index >= 15 is 0 Å². The zero-order valence-corrected chi connectivity index (χ0v) is 11.8. The number of nitrogens with two attached hydrogens (primary N) is 2. The van der Waals surface area contributed by atoms with Crippen molar-refractivity contribution in [1.29, 1.82) is 0 Å². The summed E-state index contributed by atoms with van der Waals surface area (Å²) in [5.41, 5.74) is 13.6. The average molecular weight is 289 g/mol. The zero-order valence-electron chi connectivity index (χ0n) is 11.0. The Balaban J connectivity index is 2.25. The summed E-state index contributed by atoms with van der Waals surface area (Å²) in [5.74, 6) is -0.179. The maximum Gasteiger partial charge on any atom is 0.248 e. The number of carbonyl (C=O) groups excluding carboxylic acids is 1. The van der Waals surface area contributed by atoms with Crippen molar-refractivity contribution in [3.8, 4) is 0 Å². The van der Waals surface area contributed by atoms with Gasteiger partial charge in [-0.2, -0.15) is 0 Å². The van der Waals surface area contributed by atoms with Crippen LogP contribution in [0.5, 0.6) is 0 Å². The number of aromatic nitrogens is 1. The van der Waals surface area contributed by atoms with Crippen LogP contribution in [0.15, 0.2) is 41.6 Å². The molecule has 1 heterocycles. The molecule has 0 bridgehead atoms. The minimum atomic E-state index is -1.33. The second-order valence-corrected chi connectivity index (χ2v) is 5.76. The number of nitrogens with zero attached hydrogens (tertiary/aromatic N) is 1. The van der Waals surface area contributed by atoms with Gasteiger partial charge in [0.2, 0.25) is 5.91 Å². The lowest BCUT2D eigenvalue weighted by Crippen LogP contribution is -2.11. The maximum absolute atomic E-state index is 12.3. The van der Waals surface area contributed by atoms with Crippen LogP contribution in [0, 0.1) is 6.92 Å². The van der Waals surface area contributed by atoms with Gasteiger partial charge in [-0.25, -0.2) is 4.98 Å². The molecule has 1 amide bonds. The standard InChI is InChI=1S/C14H15N3O2S/c1-9-7-10(13(16)18)4-5-11(9)8-20(19)14-12(15)3-2-6-17-14/h2-7H,8,15H2,1H3,(H2,16,18). The molecule has 5 nitrogen and oxygen atoms in total. The van der Waals surface area contributed by atoms with Gasteiger partial charge in [0.15, 0.2) is 0 Å². The van der Waals surface area contributed by atoms with Crippen LogP contribution in [-0.2, 0) is 16.6 Å². The Hall–Kier alpha value is -2.21. The molecule has 6 heteroatoms. The fourth-order valence-corrected chi connectivity index (χ4v) is 3.07. The Kier molecular flexibility index (Phi) is 4.14. The van der Waals surface area contributed by atoms with E-state index in [1.165, 1.54) is 0 Å². The lowest BCUT2D eigenvalue weighted by molar-refractivity contribution is 0.1000. The van der Waals surface area contributed by atoms with Crippen molar-refractivity contribution < 1.29 is 9.00 Å². The highest BCUT2D eigenvalue weighted by Crippen LogP contribution is 2.19. The summed E-state index contributed by atoms with van der Waals surface area (Å²) in [7, 11) is -1.33. The molecule has 2 aromatic rings. The van der Waals surface area contributed by atoms with Crippen LogP contribution < -0.4 is 11.5 Å². The molecule has 0 saturated heterocycles. The van der Waals surface area contributed by atoms with Crippen LogP contribution in [0.4, 0.5) is 5.69 Å². The third-order valence-corrected chi connectivity index (χ3v) is 4.28. The van der Waals surface area contributed by atoms with Crippen LogP contribution in [0.25, 0.3) is 0 Å². The third kappa shape index (κ3) is 3.03. The fourth-order valence-electron chi connectivity index (χ4n) is 1.81. The second kappa shape index (κ2) is 5.83. The molecule has 0 aliphatic rings. The predicted octanol–water partition coefficient (Wildman–Crippen LogP) is 1.38. The van der Waals surface area contributed by atoms with Gasteiger partial charge in [-0.15, -0.1) is 0 Å². The van der Waals surface area contributed by atoms with Crippen molar-refractivity contribution in [1.82, 2.24) is 4.98 Å². The molecule has 4 N–H and O–H groups in total. The lowest BCUT2D eigenvalue weighted by atomic mass is 10.1. The first-order valence-corrected chi connectivity index (χ1v) is 7.29. The minimum absolute atomic E-state index is 0.298. The van der Waals surface area contributed by atoms with Crippen LogP contribution in [-0.4, -0.2) is 15.1 Å². The summed E-state index contributed by atoms with van der Waals surface area (Å²) < 4.78 is 12.3. The van der Waals surface area contributed by atoms with Crippen LogP contribution in [0.2, 0.25) is 0 Å². The van der Waals surface area contributed by atoms with Gasteiger partial charge in [-0.1, -0.05) is 6.07 Å². The van der Waals surface area contributed by atoms with Crippen LogP contribution in [0.3, 0.4) is 0 Å². The summed E-state index contributed by atoms with van der Waals surface area (Å²) in [6.45, 7) is 1.85. The van der Waals surface area contributed by atoms with E-state index in [9.17, 15) is 9.00 Å². The first kappa shape index (κ1) is 14.2. The molecule has 0 radical (unpaired) electrons. The molecule has 0 fully saturated rings. The number of amides is 1. The molecule has 104 valence electrons. The lowest BCUT2D eigenvalue weighted by Gasteiger charge is -2.08. The molecule has 2 rings (SSSR count). The Labute approximate surface area is 119 Å². The number of carbonyl (C=O) groups is 1. The number of benzene rings is 1. The minimum Gasteiger partial charge on any atom is -0.396 e. The first-order chi connectivity index (χ1) is 9.49. The Morgan fingerprint density at radius 1 is 1.35 bits per heavy atom. The number of hydrogen-bond acceptors (Lipinski definition) is 4. The van der Waals surface area contributed by atoms with E-state index in [2.05, 4.69) is 4.98 Å². The van der Waals surface area contributed by atoms with Crippen molar-refractivity contribution in [2.75, 3.05) is 5.73 Å². The van der Waals surface area contributed by atoms with Crippen LogP contribution in [0.1, 0.15) is 21.5 Å². The van der Waals surface area contributed by atoms with Crippen LogP contribution >= 0.6 is 0 Å². The van der Waals surface area contributed by atoms with Gasteiger partial charge in [0.25, 0.3) is 0 Å². The summed E-state index contributed by atoms with van der Waals surface area (Å²) in [6, 6.07) is 8.44. The van der Waals surface area contributed by atoms with Crippen molar-refractivity contribution >= 4 is 22.4 Å². The predicted molar refractivity (Wildman–Crippen MR) is 78.5 cm³/mol.